The Hall–Kier alpha value is -2.82. The van der Waals surface area contributed by atoms with E-state index in [0.29, 0.717) is 17.4 Å². The Morgan fingerprint density at radius 3 is 2.52 bits per heavy atom. The fourth-order valence-corrected chi connectivity index (χ4v) is 2.21. The lowest BCUT2D eigenvalue weighted by molar-refractivity contribution is 0.415. The van der Waals surface area contributed by atoms with Gasteiger partial charge in [0.15, 0.2) is 5.82 Å². The van der Waals surface area contributed by atoms with E-state index in [-0.39, 0.29) is 0 Å². The van der Waals surface area contributed by atoms with E-state index in [1.54, 1.807) is 14.2 Å². The molecule has 0 radical (unpaired) electrons. The van der Waals surface area contributed by atoms with Gasteiger partial charge in [-0.3, -0.25) is 0 Å². The van der Waals surface area contributed by atoms with E-state index in [1.807, 2.05) is 42.5 Å². The van der Waals surface area contributed by atoms with E-state index >= 15 is 0 Å². The Bertz CT molecular complexity index is 803. The molecule has 0 unspecified atom stereocenters. The van der Waals surface area contributed by atoms with Crippen molar-refractivity contribution in [2.24, 2.45) is 0 Å². The number of ether oxygens (including phenoxy) is 2. The summed E-state index contributed by atoms with van der Waals surface area (Å²) in [4.78, 5) is 8.95. The van der Waals surface area contributed by atoms with E-state index in [9.17, 15) is 0 Å². The molecule has 3 aromatic rings. The molecule has 2 aromatic carbocycles. The second kappa shape index (κ2) is 5.28. The van der Waals surface area contributed by atoms with Crippen molar-refractivity contribution in [2.75, 3.05) is 20.0 Å². The molecule has 0 atom stereocenters. The van der Waals surface area contributed by atoms with Gasteiger partial charge in [0.25, 0.3) is 0 Å². The van der Waals surface area contributed by atoms with Gasteiger partial charge in [0, 0.05) is 5.39 Å². The molecule has 5 nitrogen and oxygen atoms in total. The standard InChI is InChI=1S/C16H15N3O2/c1-20-10-7-8-13-12(9-10)15(17)19-16(18-13)11-5-3-4-6-14(11)21-2/h3-9H,1-2H3,(H2,17,18,19). The Morgan fingerprint density at radius 2 is 1.76 bits per heavy atom. The topological polar surface area (TPSA) is 70.3 Å². The number of nitrogens with two attached hydrogens (primary N) is 1. The first-order chi connectivity index (χ1) is 10.2. The molecule has 0 aliphatic carbocycles. The van der Waals surface area contributed by atoms with Crippen LogP contribution in [0, 0.1) is 0 Å². The molecular weight excluding hydrogens is 266 g/mol. The molecule has 5 heteroatoms. The highest BCUT2D eigenvalue weighted by atomic mass is 16.5. The van der Waals surface area contributed by atoms with Crippen LogP contribution < -0.4 is 15.2 Å². The van der Waals surface area contributed by atoms with E-state index in [4.69, 9.17) is 15.2 Å². The van der Waals surface area contributed by atoms with Gasteiger partial charge in [-0.2, -0.15) is 0 Å². The van der Waals surface area contributed by atoms with Crippen LogP contribution in [0.1, 0.15) is 0 Å². The van der Waals surface area contributed by atoms with Crippen LogP contribution in [0.2, 0.25) is 0 Å². The Morgan fingerprint density at radius 1 is 0.952 bits per heavy atom. The summed E-state index contributed by atoms with van der Waals surface area (Å²) in [6.45, 7) is 0. The monoisotopic (exact) mass is 281 g/mol. The third kappa shape index (κ3) is 2.33. The number of fused-ring (bicyclic) bond motifs is 1. The van der Waals surface area contributed by atoms with Crippen molar-refractivity contribution in [3.8, 4) is 22.9 Å². The summed E-state index contributed by atoms with van der Waals surface area (Å²) in [5.41, 5.74) is 7.64. The fraction of sp³-hybridized carbons (Fsp3) is 0.125. The van der Waals surface area contributed by atoms with Crippen LogP contribution >= 0.6 is 0 Å². The lowest BCUT2D eigenvalue weighted by Gasteiger charge is -2.10. The van der Waals surface area contributed by atoms with Crippen LogP contribution in [0.5, 0.6) is 11.5 Å². The van der Waals surface area contributed by atoms with Crippen LogP contribution in [0.3, 0.4) is 0 Å². The van der Waals surface area contributed by atoms with E-state index in [2.05, 4.69) is 9.97 Å². The average molecular weight is 281 g/mol. The highest BCUT2D eigenvalue weighted by molar-refractivity contribution is 5.91. The fourth-order valence-electron chi connectivity index (χ4n) is 2.21. The number of hydrogen-bond acceptors (Lipinski definition) is 5. The maximum atomic E-state index is 6.06. The Kier molecular flexibility index (Phi) is 3.31. The molecule has 0 aliphatic rings. The molecule has 2 N–H and O–H groups in total. The zero-order chi connectivity index (χ0) is 14.8. The molecule has 1 aromatic heterocycles. The molecule has 1 heterocycles. The van der Waals surface area contributed by atoms with Gasteiger partial charge in [0.2, 0.25) is 0 Å². The lowest BCUT2D eigenvalue weighted by Crippen LogP contribution is -1.99. The van der Waals surface area contributed by atoms with Crippen molar-refractivity contribution in [1.29, 1.82) is 0 Å². The summed E-state index contributed by atoms with van der Waals surface area (Å²) in [7, 11) is 3.23. The molecule has 0 spiro atoms. The number of benzene rings is 2. The summed E-state index contributed by atoms with van der Waals surface area (Å²) in [6.07, 6.45) is 0. The highest BCUT2D eigenvalue weighted by Gasteiger charge is 2.11. The summed E-state index contributed by atoms with van der Waals surface area (Å²) in [6, 6.07) is 13.1. The van der Waals surface area contributed by atoms with Gasteiger partial charge in [-0.1, -0.05) is 12.1 Å². The molecule has 106 valence electrons. The second-order valence-corrected chi connectivity index (χ2v) is 4.52. The van der Waals surface area contributed by atoms with Gasteiger partial charge in [-0.25, -0.2) is 9.97 Å². The molecular formula is C16H15N3O2. The van der Waals surface area contributed by atoms with Crippen LogP contribution in [0.15, 0.2) is 42.5 Å². The second-order valence-electron chi connectivity index (χ2n) is 4.52. The number of anilines is 1. The Balaban J connectivity index is 2.21. The predicted molar refractivity (Wildman–Crippen MR) is 82.5 cm³/mol. The third-order valence-corrected chi connectivity index (χ3v) is 3.28. The first kappa shape index (κ1) is 13.2. The summed E-state index contributed by atoms with van der Waals surface area (Å²) in [5, 5.41) is 0.771. The van der Waals surface area contributed by atoms with E-state index in [1.165, 1.54) is 0 Å². The average Bonchev–Trinajstić information content (AvgIpc) is 2.54. The number of para-hydroxylation sites is 1. The van der Waals surface area contributed by atoms with Crippen molar-refractivity contribution < 1.29 is 9.47 Å². The van der Waals surface area contributed by atoms with Crippen LogP contribution in [-0.4, -0.2) is 24.2 Å². The zero-order valence-electron chi connectivity index (χ0n) is 11.8. The molecule has 0 saturated heterocycles. The molecule has 0 bridgehead atoms. The van der Waals surface area contributed by atoms with Crippen molar-refractivity contribution in [1.82, 2.24) is 9.97 Å². The third-order valence-electron chi connectivity index (χ3n) is 3.28. The molecule has 21 heavy (non-hydrogen) atoms. The van der Waals surface area contributed by atoms with E-state index < -0.39 is 0 Å². The quantitative estimate of drug-likeness (QED) is 0.799. The zero-order valence-corrected chi connectivity index (χ0v) is 11.8. The normalized spacial score (nSPS) is 10.6. The Labute approximate surface area is 122 Å². The summed E-state index contributed by atoms with van der Waals surface area (Å²) in [5.74, 6) is 2.40. The van der Waals surface area contributed by atoms with Gasteiger partial charge in [0.05, 0.1) is 25.3 Å². The molecule has 0 saturated carbocycles. The molecule has 3 rings (SSSR count). The van der Waals surface area contributed by atoms with Crippen LogP contribution in [-0.2, 0) is 0 Å². The van der Waals surface area contributed by atoms with Crippen molar-refractivity contribution in [3.05, 3.63) is 42.5 Å². The van der Waals surface area contributed by atoms with Gasteiger partial charge in [0.1, 0.15) is 17.3 Å². The largest absolute Gasteiger partial charge is 0.497 e. The van der Waals surface area contributed by atoms with Crippen molar-refractivity contribution in [2.45, 2.75) is 0 Å². The molecule has 0 amide bonds. The molecule has 0 fully saturated rings. The van der Waals surface area contributed by atoms with Gasteiger partial charge >= 0.3 is 0 Å². The first-order valence-corrected chi connectivity index (χ1v) is 6.47. The number of aromatic nitrogens is 2. The number of methoxy groups -OCH3 is 2. The number of nitrogens with zero attached hydrogens (tertiary/aromatic N) is 2. The summed E-state index contributed by atoms with van der Waals surface area (Å²) < 4.78 is 10.5. The minimum absolute atomic E-state index is 0.416. The summed E-state index contributed by atoms with van der Waals surface area (Å²) >= 11 is 0. The highest BCUT2D eigenvalue weighted by Crippen LogP contribution is 2.30. The van der Waals surface area contributed by atoms with Crippen molar-refractivity contribution >= 4 is 16.7 Å². The number of hydrogen-bond donors (Lipinski definition) is 1. The van der Waals surface area contributed by atoms with E-state index in [0.717, 1.165) is 22.2 Å². The van der Waals surface area contributed by atoms with Gasteiger partial charge < -0.3 is 15.2 Å². The SMILES string of the molecule is COc1ccc2nc(-c3ccccc3OC)nc(N)c2c1. The van der Waals surface area contributed by atoms with Crippen LogP contribution in [0.4, 0.5) is 5.82 Å². The first-order valence-electron chi connectivity index (χ1n) is 6.47. The predicted octanol–water partition coefficient (Wildman–Crippen LogP) is 2.90. The lowest BCUT2D eigenvalue weighted by atomic mass is 10.1. The van der Waals surface area contributed by atoms with Gasteiger partial charge in [-0.15, -0.1) is 0 Å². The minimum atomic E-state index is 0.416. The number of nitrogen functional groups attached to an aromatic ring is 1. The van der Waals surface area contributed by atoms with Crippen molar-refractivity contribution in [3.63, 3.8) is 0 Å². The van der Waals surface area contributed by atoms with Crippen LogP contribution in [0.25, 0.3) is 22.3 Å². The smallest absolute Gasteiger partial charge is 0.165 e. The minimum Gasteiger partial charge on any atom is -0.497 e. The van der Waals surface area contributed by atoms with Gasteiger partial charge in [-0.05, 0) is 30.3 Å². The molecule has 0 aliphatic heterocycles. The maximum absolute atomic E-state index is 6.06. The number of rotatable bonds is 3. The maximum Gasteiger partial charge on any atom is 0.165 e.